The molecular weight excluding hydrogens is 288 g/mol. The molecule has 1 amide bonds. The zero-order valence-corrected chi connectivity index (χ0v) is 14.0. The highest BCUT2D eigenvalue weighted by Crippen LogP contribution is 2.22. The van der Waals surface area contributed by atoms with E-state index in [1.54, 1.807) is 6.20 Å². The fraction of sp³-hybridized carbons (Fsp3) is 0.368. The number of amides is 1. The van der Waals surface area contributed by atoms with Crippen LogP contribution in [0.5, 0.6) is 0 Å². The van der Waals surface area contributed by atoms with Gasteiger partial charge in [-0.1, -0.05) is 19.1 Å². The molecule has 0 spiro atoms. The summed E-state index contributed by atoms with van der Waals surface area (Å²) in [7, 11) is 0. The lowest BCUT2D eigenvalue weighted by molar-refractivity contribution is 0.0569. The molecule has 1 heterocycles. The Bertz CT molecular complexity index is 638. The Labute approximate surface area is 137 Å². The molecule has 1 unspecified atom stereocenters. The van der Waals surface area contributed by atoms with E-state index in [1.165, 1.54) is 0 Å². The SMILES string of the molecule is CCOC(CC)CNC(=O)c1ccc(-c2ccncc2C)cc1. The molecule has 1 N–H and O–H groups in total. The zero-order chi connectivity index (χ0) is 16.7. The summed E-state index contributed by atoms with van der Waals surface area (Å²) in [5, 5.41) is 2.93. The first-order valence-electron chi connectivity index (χ1n) is 8.06. The lowest BCUT2D eigenvalue weighted by atomic mass is 10.0. The minimum atomic E-state index is -0.0684. The highest BCUT2D eigenvalue weighted by molar-refractivity contribution is 5.94. The Balaban J connectivity index is 2.02. The molecule has 4 nitrogen and oxygen atoms in total. The molecule has 0 fully saturated rings. The Hall–Kier alpha value is -2.20. The van der Waals surface area contributed by atoms with Crippen molar-refractivity contribution in [3.05, 3.63) is 53.9 Å². The van der Waals surface area contributed by atoms with Gasteiger partial charge in [0.2, 0.25) is 0 Å². The maximum Gasteiger partial charge on any atom is 0.251 e. The third kappa shape index (κ3) is 4.63. The van der Waals surface area contributed by atoms with Crippen LogP contribution >= 0.6 is 0 Å². The molecule has 0 saturated heterocycles. The summed E-state index contributed by atoms with van der Waals surface area (Å²) in [4.78, 5) is 16.3. The van der Waals surface area contributed by atoms with E-state index in [1.807, 2.05) is 50.4 Å². The molecule has 2 rings (SSSR count). The van der Waals surface area contributed by atoms with Crippen LogP contribution in [0.4, 0.5) is 0 Å². The van der Waals surface area contributed by atoms with Crippen molar-refractivity contribution in [2.75, 3.05) is 13.2 Å². The molecule has 4 heteroatoms. The van der Waals surface area contributed by atoms with E-state index < -0.39 is 0 Å². The number of hydrogen-bond acceptors (Lipinski definition) is 3. The lowest BCUT2D eigenvalue weighted by Gasteiger charge is -2.15. The average Bonchev–Trinajstić information content (AvgIpc) is 2.59. The number of nitrogens with zero attached hydrogens (tertiary/aromatic N) is 1. The van der Waals surface area contributed by atoms with Crippen molar-refractivity contribution in [1.82, 2.24) is 10.3 Å². The van der Waals surface area contributed by atoms with Crippen molar-refractivity contribution in [3.63, 3.8) is 0 Å². The number of hydrogen-bond donors (Lipinski definition) is 1. The Morgan fingerprint density at radius 3 is 2.57 bits per heavy atom. The van der Waals surface area contributed by atoms with Gasteiger partial charge < -0.3 is 10.1 Å². The monoisotopic (exact) mass is 312 g/mol. The van der Waals surface area contributed by atoms with E-state index in [4.69, 9.17) is 4.74 Å². The Morgan fingerprint density at radius 2 is 1.96 bits per heavy atom. The van der Waals surface area contributed by atoms with Crippen molar-refractivity contribution in [3.8, 4) is 11.1 Å². The quantitative estimate of drug-likeness (QED) is 0.850. The predicted octanol–water partition coefficient (Wildman–Crippen LogP) is 3.60. The second-order valence-corrected chi connectivity index (χ2v) is 5.46. The van der Waals surface area contributed by atoms with Crippen LogP contribution in [-0.4, -0.2) is 30.1 Å². The van der Waals surface area contributed by atoms with Gasteiger partial charge in [0.25, 0.3) is 5.91 Å². The summed E-state index contributed by atoms with van der Waals surface area (Å²) in [6, 6.07) is 9.63. The predicted molar refractivity (Wildman–Crippen MR) is 92.4 cm³/mol. The third-order valence-electron chi connectivity index (χ3n) is 3.83. The van der Waals surface area contributed by atoms with Crippen molar-refractivity contribution in [2.24, 2.45) is 0 Å². The maximum absolute atomic E-state index is 12.2. The summed E-state index contributed by atoms with van der Waals surface area (Å²) in [5.41, 5.74) is 4.00. The highest BCUT2D eigenvalue weighted by atomic mass is 16.5. The summed E-state index contributed by atoms with van der Waals surface area (Å²) >= 11 is 0. The van der Waals surface area contributed by atoms with E-state index in [2.05, 4.69) is 17.2 Å². The van der Waals surface area contributed by atoms with Crippen LogP contribution in [0.2, 0.25) is 0 Å². The van der Waals surface area contributed by atoms with Gasteiger partial charge in [-0.15, -0.1) is 0 Å². The van der Waals surface area contributed by atoms with Gasteiger partial charge in [0, 0.05) is 31.1 Å². The summed E-state index contributed by atoms with van der Waals surface area (Å²) in [5.74, 6) is -0.0684. The van der Waals surface area contributed by atoms with Crippen LogP contribution in [0.3, 0.4) is 0 Å². The number of ether oxygens (including phenoxy) is 1. The van der Waals surface area contributed by atoms with E-state index in [9.17, 15) is 4.79 Å². The maximum atomic E-state index is 12.2. The molecule has 0 saturated carbocycles. The summed E-state index contributed by atoms with van der Waals surface area (Å²) in [6.45, 7) is 7.24. The Kier molecular flexibility index (Phi) is 6.29. The standard InChI is InChI=1S/C19H24N2O2/c1-4-17(23-5-2)13-21-19(22)16-8-6-15(7-9-16)18-10-11-20-12-14(18)3/h6-12,17H,4-5,13H2,1-3H3,(H,21,22). The van der Waals surface area contributed by atoms with Crippen LogP contribution in [-0.2, 0) is 4.74 Å². The molecule has 1 atom stereocenters. The van der Waals surface area contributed by atoms with Crippen molar-refractivity contribution >= 4 is 5.91 Å². The number of carbonyl (C=O) groups excluding carboxylic acids is 1. The number of nitrogens with one attached hydrogen (secondary N) is 1. The van der Waals surface area contributed by atoms with Gasteiger partial charge in [-0.2, -0.15) is 0 Å². The van der Waals surface area contributed by atoms with Gasteiger partial charge in [0.05, 0.1) is 6.10 Å². The normalized spacial score (nSPS) is 12.0. The molecule has 1 aromatic heterocycles. The van der Waals surface area contributed by atoms with Crippen molar-refractivity contribution in [2.45, 2.75) is 33.3 Å². The molecule has 1 aromatic carbocycles. The smallest absolute Gasteiger partial charge is 0.251 e. The number of pyridine rings is 1. The topological polar surface area (TPSA) is 51.2 Å². The first-order chi connectivity index (χ1) is 11.2. The molecule has 23 heavy (non-hydrogen) atoms. The van der Waals surface area contributed by atoms with Crippen LogP contribution in [0.25, 0.3) is 11.1 Å². The van der Waals surface area contributed by atoms with Gasteiger partial charge >= 0.3 is 0 Å². The fourth-order valence-corrected chi connectivity index (χ4v) is 2.46. The van der Waals surface area contributed by atoms with Gasteiger partial charge in [-0.3, -0.25) is 9.78 Å². The first-order valence-corrected chi connectivity index (χ1v) is 8.06. The molecule has 2 aromatic rings. The summed E-state index contributed by atoms with van der Waals surface area (Å²) < 4.78 is 5.55. The largest absolute Gasteiger partial charge is 0.377 e. The number of aryl methyl sites for hydroxylation is 1. The molecule has 122 valence electrons. The summed E-state index contributed by atoms with van der Waals surface area (Å²) in [6.07, 6.45) is 4.58. The first kappa shape index (κ1) is 17.2. The number of aromatic nitrogens is 1. The van der Waals surface area contributed by atoms with Crippen LogP contribution in [0.1, 0.15) is 36.2 Å². The second kappa shape index (κ2) is 8.44. The average molecular weight is 312 g/mol. The van der Waals surface area contributed by atoms with Gasteiger partial charge in [-0.05, 0) is 55.2 Å². The van der Waals surface area contributed by atoms with E-state index in [0.29, 0.717) is 18.7 Å². The molecule has 0 bridgehead atoms. The van der Waals surface area contributed by atoms with E-state index >= 15 is 0 Å². The van der Waals surface area contributed by atoms with Crippen LogP contribution in [0, 0.1) is 6.92 Å². The van der Waals surface area contributed by atoms with Crippen LogP contribution in [0.15, 0.2) is 42.7 Å². The minimum absolute atomic E-state index is 0.0684. The molecule has 0 radical (unpaired) electrons. The number of benzene rings is 1. The second-order valence-electron chi connectivity index (χ2n) is 5.46. The van der Waals surface area contributed by atoms with Gasteiger partial charge in [-0.25, -0.2) is 0 Å². The molecule has 0 aliphatic heterocycles. The zero-order valence-electron chi connectivity index (χ0n) is 14.0. The van der Waals surface area contributed by atoms with Crippen molar-refractivity contribution in [1.29, 1.82) is 0 Å². The van der Waals surface area contributed by atoms with Crippen LogP contribution < -0.4 is 5.32 Å². The molecular formula is C19H24N2O2. The van der Waals surface area contributed by atoms with Gasteiger partial charge in [0.1, 0.15) is 0 Å². The fourth-order valence-electron chi connectivity index (χ4n) is 2.46. The molecule has 0 aliphatic carbocycles. The third-order valence-corrected chi connectivity index (χ3v) is 3.83. The number of carbonyl (C=O) groups is 1. The van der Waals surface area contributed by atoms with E-state index in [-0.39, 0.29) is 12.0 Å². The van der Waals surface area contributed by atoms with Crippen molar-refractivity contribution < 1.29 is 9.53 Å². The minimum Gasteiger partial charge on any atom is -0.377 e. The lowest BCUT2D eigenvalue weighted by Crippen LogP contribution is -2.33. The highest BCUT2D eigenvalue weighted by Gasteiger charge is 2.10. The Morgan fingerprint density at radius 1 is 1.22 bits per heavy atom. The van der Waals surface area contributed by atoms with Gasteiger partial charge in [0.15, 0.2) is 0 Å². The van der Waals surface area contributed by atoms with E-state index in [0.717, 1.165) is 23.1 Å². The number of rotatable bonds is 7. The molecule has 0 aliphatic rings.